The summed E-state index contributed by atoms with van der Waals surface area (Å²) >= 11 is 0. The van der Waals surface area contributed by atoms with Crippen molar-refractivity contribution in [3.8, 4) is 11.5 Å². The van der Waals surface area contributed by atoms with Gasteiger partial charge in [-0.25, -0.2) is 4.79 Å². The van der Waals surface area contributed by atoms with E-state index in [9.17, 15) is 4.79 Å². The van der Waals surface area contributed by atoms with Gasteiger partial charge in [0.15, 0.2) is 0 Å². The van der Waals surface area contributed by atoms with Gasteiger partial charge in [-0.2, -0.15) is 0 Å². The number of nitrogens with zero attached hydrogens (tertiary/aromatic N) is 2. The molecule has 1 N–H and O–H groups in total. The van der Waals surface area contributed by atoms with Crippen molar-refractivity contribution in [3.05, 3.63) is 95.6 Å². The Bertz CT molecular complexity index is 995. The Morgan fingerprint density at radius 1 is 0.906 bits per heavy atom. The number of piperidine rings is 1. The number of carboxylic acid groups (broad SMARTS) is 1. The Morgan fingerprint density at radius 2 is 1.50 bits per heavy atom. The first kappa shape index (κ1) is 22.1. The highest BCUT2D eigenvalue weighted by atomic mass is 16.5. The number of carbonyl (C=O) groups is 1. The normalized spacial score (nSPS) is 15.1. The first-order valence-electron chi connectivity index (χ1n) is 11.1. The topological polar surface area (TPSA) is 53.0 Å². The van der Waals surface area contributed by atoms with Crippen molar-refractivity contribution in [2.45, 2.75) is 32.0 Å². The second-order valence-electron chi connectivity index (χ2n) is 8.48. The van der Waals surface area contributed by atoms with Gasteiger partial charge in [0.05, 0.1) is 5.56 Å². The minimum Gasteiger partial charge on any atom is -0.478 e. The van der Waals surface area contributed by atoms with E-state index < -0.39 is 5.97 Å². The van der Waals surface area contributed by atoms with E-state index in [2.05, 4.69) is 29.0 Å². The Morgan fingerprint density at radius 3 is 2.12 bits per heavy atom. The zero-order valence-corrected chi connectivity index (χ0v) is 18.5. The van der Waals surface area contributed by atoms with Crippen LogP contribution in [0.4, 0.5) is 0 Å². The smallest absolute Gasteiger partial charge is 0.335 e. The first-order chi connectivity index (χ1) is 15.6. The summed E-state index contributed by atoms with van der Waals surface area (Å²) < 4.78 is 5.89. The second-order valence-corrected chi connectivity index (χ2v) is 8.48. The minimum atomic E-state index is -0.876. The summed E-state index contributed by atoms with van der Waals surface area (Å²) in [6, 6.07) is 26.0. The highest BCUT2D eigenvalue weighted by molar-refractivity contribution is 5.87. The van der Waals surface area contributed by atoms with E-state index in [1.165, 1.54) is 11.1 Å². The largest absolute Gasteiger partial charge is 0.478 e. The maximum Gasteiger partial charge on any atom is 0.335 e. The molecule has 1 saturated heterocycles. The third-order valence-corrected chi connectivity index (χ3v) is 6.12. The van der Waals surface area contributed by atoms with Gasteiger partial charge in [0, 0.05) is 19.1 Å². The predicted octanol–water partition coefficient (Wildman–Crippen LogP) is 5.27. The lowest BCUT2D eigenvalue weighted by Gasteiger charge is -2.37. The summed E-state index contributed by atoms with van der Waals surface area (Å²) in [6.07, 6.45) is 2.28. The second kappa shape index (κ2) is 10.4. The summed E-state index contributed by atoms with van der Waals surface area (Å²) in [5.41, 5.74) is 2.79. The maximum absolute atomic E-state index is 11.0. The van der Waals surface area contributed by atoms with E-state index >= 15 is 0 Å². The number of rotatable bonds is 8. The van der Waals surface area contributed by atoms with Gasteiger partial charge in [-0.15, -0.1) is 0 Å². The number of hydrogen-bond acceptors (Lipinski definition) is 4. The lowest BCUT2D eigenvalue weighted by atomic mass is 10.0. The summed E-state index contributed by atoms with van der Waals surface area (Å²) in [6.45, 7) is 3.91. The van der Waals surface area contributed by atoms with Gasteiger partial charge < -0.3 is 9.84 Å². The number of likely N-dealkylation sites (tertiary alicyclic amines) is 1. The van der Waals surface area contributed by atoms with Crippen LogP contribution in [0.2, 0.25) is 0 Å². The average molecular weight is 431 g/mol. The third kappa shape index (κ3) is 5.96. The van der Waals surface area contributed by atoms with Gasteiger partial charge in [-0.3, -0.25) is 9.80 Å². The van der Waals surface area contributed by atoms with Crippen molar-refractivity contribution in [3.63, 3.8) is 0 Å². The van der Waals surface area contributed by atoms with Gasteiger partial charge in [-0.05, 0) is 80.5 Å². The van der Waals surface area contributed by atoms with Crippen LogP contribution in [0.25, 0.3) is 0 Å². The van der Waals surface area contributed by atoms with E-state index in [4.69, 9.17) is 9.84 Å². The van der Waals surface area contributed by atoms with Crippen LogP contribution >= 0.6 is 0 Å². The fraction of sp³-hybridized carbons (Fsp3) is 0.296. The zero-order valence-electron chi connectivity index (χ0n) is 18.5. The van der Waals surface area contributed by atoms with Crippen molar-refractivity contribution >= 4 is 5.97 Å². The molecule has 5 heteroatoms. The lowest BCUT2D eigenvalue weighted by molar-refractivity contribution is 0.0697. The molecule has 0 aliphatic carbocycles. The van der Waals surface area contributed by atoms with Crippen molar-refractivity contribution < 1.29 is 14.6 Å². The molecule has 1 heterocycles. The van der Waals surface area contributed by atoms with Crippen LogP contribution in [0, 0.1) is 0 Å². The first-order valence-corrected chi connectivity index (χ1v) is 11.1. The van der Waals surface area contributed by atoms with E-state index in [1.807, 2.05) is 54.6 Å². The molecule has 0 amide bonds. The minimum absolute atomic E-state index is 0.341. The summed E-state index contributed by atoms with van der Waals surface area (Å²) in [5, 5.41) is 9.04. The Kier molecular flexibility index (Phi) is 7.20. The zero-order chi connectivity index (χ0) is 22.3. The highest BCUT2D eigenvalue weighted by Gasteiger charge is 2.22. The molecule has 0 spiro atoms. The summed E-state index contributed by atoms with van der Waals surface area (Å²) in [4.78, 5) is 15.9. The number of hydrogen-bond donors (Lipinski definition) is 1. The average Bonchev–Trinajstić information content (AvgIpc) is 2.82. The monoisotopic (exact) mass is 430 g/mol. The van der Waals surface area contributed by atoms with Crippen LogP contribution in [0.3, 0.4) is 0 Å². The molecule has 4 rings (SSSR count). The van der Waals surface area contributed by atoms with Gasteiger partial charge in [0.25, 0.3) is 0 Å². The quantitative estimate of drug-likeness (QED) is 0.527. The number of benzene rings is 3. The Labute approximate surface area is 189 Å². The number of aromatic carboxylic acids is 1. The van der Waals surface area contributed by atoms with E-state index in [0.29, 0.717) is 11.6 Å². The molecule has 166 valence electrons. The molecular weight excluding hydrogens is 400 g/mol. The molecule has 1 fully saturated rings. The lowest BCUT2D eigenvalue weighted by Crippen LogP contribution is -2.42. The van der Waals surface area contributed by atoms with Gasteiger partial charge >= 0.3 is 5.97 Å². The SMILES string of the molecule is CN(Cc1ccc(Oc2ccccc2)cc1)C1CCN(Cc2ccc(C(=O)O)cc2)CC1. The van der Waals surface area contributed by atoms with Crippen molar-refractivity contribution in [1.82, 2.24) is 9.80 Å². The molecule has 0 unspecified atom stereocenters. The molecule has 0 aromatic heterocycles. The molecule has 0 atom stereocenters. The fourth-order valence-electron chi connectivity index (χ4n) is 4.23. The van der Waals surface area contributed by atoms with Crippen LogP contribution in [0.5, 0.6) is 11.5 Å². The highest BCUT2D eigenvalue weighted by Crippen LogP contribution is 2.23. The van der Waals surface area contributed by atoms with Gasteiger partial charge in [0.2, 0.25) is 0 Å². The van der Waals surface area contributed by atoms with E-state index in [-0.39, 0.29) is 0 Å². The predicted molar refractivity (Wildman–Crippen MR) is 126 cm³/mol. The molecule has 1 aliphatic rings. The van der Waals surface area contributed by atoms with Gasteiger partial charge in [0.1, 0.15) is 11.5 Å². The van der Waals surface area contributed by atoms with Crippen LogP contribution in [-0.4, -0.2) is 47.1 Å². The van der Waals surface area contributed by atoms with Crippen LogP contribution in [0.15, 0.2) is 78.9 Å². The molecule has 3 aromatic rings. The van der Waals surface area contributed by atoms with Crippen LogP contribution in [0.1, 0.15) is 34.3 Å². The number of para-hydroxylation sites is 1. The maximum atomic E-state index is 11.0. The number of ether oxygens (including phenoxy) is 1. The molecule has 0 radical (unpaired) electrons. The van der Waals surface area contributed by atoms with E-state index in [1.54, 1.807) is 12.1 Å². The molecular formula is C27H30N2O3. The van der Waals surface area contributed by atoms with Gasteiger partial charge in [-0.1, -0.05) is 42.5 Å². The molecule has 32 heavy (non-hydrogen) atoms. The fourth-order valence-corrected chi connectivity index (χ4v) is 4.23. The summed E-state index contributed by atoms with van der Waals surface area (Å²) in [5.74, 6) is 0.827. The number of carboxylic acids is 1. The van der Waals surface area contributed by atoms with E-state index in [0.717, 1.165) is 50.5 Å². The Hall–Kier alpha value is -3.15. The molecule has 0 saturated carbocycles. The van der Waals surface area contributed by atoms with Crippen molar-refractivity contribution in [2.75, 3.05) is 20.1 Å². The molecule has 1 aliphatic heterocycles. The molecule has 5 nitrogen and oxygen atoms in total. The molecule has 0 bridgehead atoms. The van der Waals surface area contributed by atoms with Crippen LogP contribution < -0.4 is 4.74 Å². The standard InChI is InChI=1S/C27H30N2O3/c1-28(19-21-9-13-26(14-10-21)32-25-5-3-2-4-6-25)24-15-17-29(18-16-24)20-22-7-11-23(12-8-22)27(30)31/h2-14,24H,15-20H2,1H3,(H,30,31). The summed E-state index contributed by atoms with van der Waals surface area (Å²) in [7, 11) is 2.21. The van der Waals surface area contributed by atoms with Crippen LogP contribution in [-0.2, 0) is 13.1 Å². The van der Waals surface area contributed by atoms with Crippen molar-refractivity contribution in [2.24, 2.45) is 0 Å². The third-order valence-electron chi connectivity index (χ3n) is 6.12. The van der Waals surface area contributed by atoms with Crippen molar-refractivity contribution in [1.29, 1.82) is 0 Å². The molecule has 3 aromatic carbocycles. The Balaban J connectivity index is 1.23.